The molecule has 1 atom stereocenters. The van der Waals surface area contributed by atoms with E-state index in [4.69, 9.17) is 5.11 Å². The van der Waals surface area contributed by atoms with Crippen LogP contribution in [-0.4, -0.2) is 23.1 Å². The van der Waals surface area contributed by atoms with Crippen molar-refractivity contribution >= 4 is 11.9 Å². The zero-order chi connectivity index (χ0) is 8.15. The van der Waals surface area contributed by atoms with Gasteiger partial charge >= 0.3 is 22.4 Å². The molecule has 1 radical (unpaired) electrons. The molecule has 0 fully saturated rings. The second-order valence-electron chi connectivity index (χ2n) is 1.75. The van der Waals surface area contributed by atoms with Crippen LogP contribution in [0, 0.1) is 0 Å². The van der Waals surface area contributed by atoms with Crippen LogP contribution in [0.3, 0.4) is 0 Å². The van der Waals surface area contributed by atoms with Crippen LogP contribution >= 0.6 is 0 Å². The Morgan fingerprint density at radius 3 is 2.09 bits per heavy atom. The molecule has 0 bridgehead atoms. The van der Waals surface area contributed by atoms with Gasteiger partial charge in [-0.2, -0.15) is 0 Å². The molecule has 1 unspecified atom stereocenters. The smallest absolute Gasteiger partial charge is 0.550 e. The first-order valence-electron chi connectivity index (χ1n) is 2.63. The largest absolute Gasteiger partial charge is 2.00 e. The van der Waals surface area contributed by atoms with Gasteiger partial charge in [0.1, 0.15) is 0 Å². The maximum Gasteiger partial charge on any atom is 2.00 e. The molecule has 6 heteroatoms. The Morgan fingerprint density at radius 2 is 1.82 bits per heavy atom. The zero-order valence-electron chi connectivity index (χ0n) is 5.37. The van der Waals surface area contributed by atoms with Crippen LogP contribution in [0.4, 0.5) is 0 Å². The van der Waals surface area contributed by atoms with Crippen molar-refractivity contribution in [2.75, 3.05) is 0 Å². The van der Waals surface area contributed by atoms with E-state index in [2.05, 4.69) is 0 Å². The van der Waals surface area contributed by atoms with Crippen molar-refractivity contribution in [3.63, 3.8) is 0 Å². The number of rotatable bonds is 4. The second-order valence-corrected chi connectivity index (χ2v) is 1.75. The predicted molar refractivity (Wildman–Crippen MR) is 25.3 cm³/mol. The van der Waals surface area contributed by atoms with Crippen molar-refractivity contribution in [1.82, 2.24) is 0 Å². The molecule has 0 aromatic heterocycles. The number of hydrogen-bond acceptors (Lipinski definition) is 5. The summed E-state index contributed by atoms with van der Waals surface area (Å²) in [5.41, 5.74) is 0. The van der Waals surface area contributed by atoms with E-state index in [0.29, 0.717) is 0 Å². The quantitative estimate of drug-likeness (QED) is 0.527. The molecule has 0 aliphatic carbocycles. The average Bonchev–Trinajstić information content (AvgIpc) is 1.82. The number of carboxylic acid groups (broad SMARTS) is 2. The van der Waals surface area contributed by atoms with Crippen LogP contribution < -0.4 is 10.2 Å². The number of carbonyl (C=O) groups is 2. The summed E-state index contributed by atoms with van der Waals surface area (Å²) < 4.78 is 0. The third kappa shape index (κ3) is 7.54. The molecule has 0 amide bonds. The summed E-state index contributed by atoms with van der Waals surface area (Å²) in [6.45, 7) is 0. The molecular weight excluding hydrogens is 248 g/mol. The molecule has 5 nitrogen and oxygen atoms in total. The van der Waals surface area contributed by atoms with Gasteiger partial charge < -0.3 is 24.9 Å². The Balaban J connectivity index is 0. The van der Waals surface area contributed by atoms with Crippen LogP contribution in [0.5, 0.6) is 0 Å². The van der Waals surface area contributed by atoms with Gasteiger partial charge in [-0.15, -0.1) is 0 Å². The minimum absolute atomic E-state index is 0. The van der Waals surface area contributed by atoms with Crippen molar-refractivity contribution in [3.05, 3.63) is 0 Å². The summed E-state index contributed by atoms with van der Waals surface area (Å²) in [6.07, 6.45) is -2.56. The number of hydrogen-bond donors (Lipinski definition) is 1. The van der Waals surface area contributed by atoms with E-state index < -0.39 is 24.5 Å². The maximum absolute atomic E-state index is 9.74. The van der Waals surface area contributed by atoms with Gasteiger partial charge in [-0.05, 0) is 12.8 Å². The number of carbonyl (C=O) groups excluding carboxylic acids is 2. The molecule has 11 heavy (non-hydrogen) atoms. The molecule has 0 aromatic carbocycles. The topological polar surface area (TPSA) is 100 Å². The van der Waals surface area contributed by atoms with Crippen molar-refractivity contribution in [2.45, 2.75) is 18.9 Å². The Hall–Kier alpha value is -0.360. The van der Waals surface area contributed by atoms with Crippen LogP contribution in [-0.2, 0) is 32.0 Å². The number of aliphatic hydroxyl groups is 1. The van der Waals surface area contributed by atoms with Gasteiger partial charge in [0.15, 0.2) is 0 Å². The first kappa shape index (κ1) is 13.2. The summed E-state index contributed by atoms with van der Waals surface area (Å²) >= 11 is 0. The molecule has 0 saturated heterocycles. The fourth-order valence-corrected chi connectivity index (χ4v) is 0.372. The monoisotopic (exact) mass is 253 g/mol. The Kier molecular flexibility index (Phi) is 7.65. The van der Waals surface area contributed by atoms with Crippen LogP contribution in [0.2, 0.25) is 0 Å². The minimum Gasteiger partial charge on any atom is -0.550 e. The van der Waals surface area contributed by atoms with Gasteiger partial charge in [0, 0.05) is 5.97 Å². The van der Waals surface area contributed by atoms with Gasteiger partial charge in [-0.25, -0.2) is 0 Å². The molecule has 0 aromatic rings. The van der Waals surface area contributed by atoms with E-state index in [1.165, 1.54) is 0 Å². The van der Waals surface area contributed by atoms with E-state index in [1.807, 2.05) is 0 Å². The van der Waals surface area contributed by atoms with Crippen molar-refractivity contribution in [2.24, 2.45) is 0 Å². The predicted octanol–water partition coefficient (Wildman–Crippen LogP) is -3.38. The van der Waals surface area contributed by atoms with Crippen molar-refractivity contribution < 1.29 is 47.3 Å². The number of aliphatic hydroxyl groups excluding tert-OH is 1. The third-order valence-electron chi connectivity index (χ3n) is 0.894. The van der Waals surface area contributed by atoms with Gasteiger partial charge in [-0.1, -0.05) is 0 Å². The molecule has 0 heterocycles. The standard InChI is InChI=1S/C5H8O5.Ag/c6-3(5(9)10)1-2-4(7)8;/h3,6H,1-2H2,(H,7,8)(H,9,10);/q;+2/p-2. The van der Waals surface area contributed by atoms with E-state index in [0.717, 1.165) is 0 Å². The fraction of sp³-hybridized carbons (Fsp3) is 0.600. The summed E-state index contributed by atoms with van der Waals surface area (Å²) in [5.74, 6) is -3.05. The fourth-order valence-electron chi connectivity index (χ4n) is 0.372. The maximum atomic E-state index is 9.74. The number of carboxylic acids is 2. The average molecular weight is 254 g/mol. The molecular formula is C5H6AgO5. The summed E-state index contributed by atoms with van der Waals surface area (Å²) in [6, 6.07) is 0. The Morgan fingerprint density at radius 1 is 1.36 bits per heavy atom. The van der Waals surface area contributed by atoms with E-state index in [9.17, 15) is 19.8 Å². The van der Waals surface area contributed by atoms with Gasteiger partial charge in [-0.3, -0.25) is 0 Å². The molecule has 0 aliphatic rings. The normalized spacial score (nSPS) is 11.4. The zero-order valence-corrected chi connectivity index (χ0v) is 6.86. The van der Waals surface area contributed by atoms with E-state index >= 15 is 0 Å². The summed E-state index contributed by atoms with van der Waals surface area (Å²) in [4.78, 5) is 19.4. The van der Waals surface area contributed by atoms with Gasteiger partial charge in [0.2, 0.25) is 0 Å². The molecule has 0 saturated carbocycles. The number of aliphatic carboxylic acids is 2. The Bertz CT molecular complexity index is 146. The minimum atomic E-state index is -1.71. The summed E-state index contributed by atoms with van der Waals surface area (Å²) in [5, 5.41) is 27.9. The van der Waals surface area contributed by atoms with Crippen LogP contribution in [0.1, 0.15) is 12.8 Å². The van der Waals surface area contributed by atoms with Gasteiger partial charge in [0.25, 0.3) is 0 Å². The second kappa shape index (κ2) is 6.36. The Labute approximate surface area is 78.5 Å². The molecule has 67 valence electrons. The molecule has 1 N–H and O–H groups in total. The molecule has 0 aliphatic heterocycles. The van der Waals surface area contributed by atoms with Crippen LogP contribution in [0.15, 0.2) is 0 Å². The third-order valence-corrected chi connectivity index (χ3v) is 0.894. The van der Waals surface area contributed by atoms with Crippen LogP contribution in [0.25, 0.3) is 0 Å². The van der Waals surface area contributed by atoms with Crippen molar-refractivity contribution in [3.8, 4) is 0 Å². The first-order valence-corrected chi connectivity index (χ1v) is 2.63. The van der Waals surface area contributed by atoms with E-state index in [1.54, 1.807) is 0 Å². The molecule has 0 rings (SSSR count). The first-order chi connectivity index (χ1) is 4.54. The molecule has 0 spiro atoms. The van der Waals surface area contributed by atoms with Crippen molar-refractivity contribution in [1.29, 1.82) is 0 Å². The van der Waals surface area contributed by atoms with Gasteiger partial charge in [0.05, 0.1) is 12.1 Å². The SMILES string of the molecule is O=C([O-])CCC(O)C(=O)[O-].[Ag+2]. The summed E-state index contributed by atoms with van der Waals surface area (Å²) in [7, 11) is 0. The van der Waals surface area contributed by atoms with E-state index in [-0.39, 0.29) is 28.8 Å².